The van der Waals surface area contributed by atoms with E-state index in [4.69, 9.17) is 5.73 Å². The van der Waals surface area contributed by atoms with Crippen LogP contribution >= 0.6 is 0 Å². The number of pyridine rings is 1. The molecule has 0 aliphatic heterocycles. The second-order valence-corrected chi connectivity index (χ2v) is 5.07. The van der Waals surface area contributed by atoms with E-state index in [1.165, 1.54) is 37.7 Å². The molecule has 0 saturated heterocycles. The Hall–Kier alpha value is -0.890. The predicted molar refractivity (Wildman–Crippen MR) is 67.1 cm³/mol. The van der Waals surface area contributed by atoms with Crippen molar-refractivity contribution >= 4 is 0 Å². The minimum absolute atomic E-state index is 0.175. The van der Waals surface area contributed by atoms with Crippen LogP contribution in [0.5, 0.6) is 0 Å². The van der Waals surface area contributed by atoms with Gasteiger partial charge in [-0.3, -0.25) is 4.98 Å². The molecule has 1 heterocycles. The minimum Gasteiger partial charge on any atom is -0.324 e. The van der Waals surface area contributed by atoms with Crippen molar-refractivity contribution in [2.24, 2.45) is 11.7 Å². The van der Waals surface area contributed by atoms with E-state index in [2.05, 4.69) is 11.1 Å². The predicted octanol–water partition coefficient (Wildman–Crippen LogP) is 3.36. The standard InChI is InChI=1S/C14H22N2/c1-11-6-8-13(10-16-11)14(15)9-7-12-4-2-3-5-12/h6,8,10,12,14H,2-5,7,9,15H2,1H3. The average molecular weight is 218 g/mol. The zero-order valence-electron chi connectivity index (χ0n) is 10.2. The second-order valence-electron chi connectivity index (χ2n) is 5.07. The van der Waals surface area contributed by atoms with Gasteiger partial charge in [0, 0.05) is 17.9 Å². The molecular formula is C14H22N2. The molecule has 0 amide bonds. The van der Waals surface area contributed by atoms with Gasteiger partial charge in [0.1, 0.15) is 0 Å². The molecule has 1 aliphatic carbocycles. The van der Waals surface area contributed by atoms with Gasteiger partial charge in [0.2, 0.25) is 0 Å². The van der Waals surface area contributed by atoms with Gasteiger partial charge in [-0.1, -0.05) is 31.7 Å². The van der Waals surface area contributed by atoms with Crippen LogP contribution in [-0.2, 0) is 0 Å². The summed E-state index contributed by atoms with van der Waals surface area (Å²) in [6, 6.07) is 4.33. The molecule has 2 nitrogen and oxygen atoms in total. The molecular weight excluding hydrogens is 196 g/mol. The fourth-order valence-corrected chi connectivity index (χ4v) is 2.58. The summed E-state index contributed by atoms with van der Waals surface area (Å²) >= 11 is 0. The lowest BCUT2D eigenvalue weighted by Gasteiger charge is -2.14. The molecule has 16 heavy (non-hydrogen) atoms. The Morgan fingerprint density at radius 1 is 1.38 bits per heavy atom. The highest BCUT2D eigenvalue weighted by atomic mass is 14.7. The lowest BCUT2D eigenvalue weighted by molar-refractivity contribution is 0.453. The van der Waals surface area contributed by atoms with Crippen LogP contribution in [0.4, 0.5) is 0 Å². The van der Waals surface area contributed by atoms with E-state index in [0.717, 1.165) is 18.0 Å². The molecule has 1 aromatic rings. The molecule has 0 bridgehead atoms. The highest BCUT2D eigenvalue weighted by Crippen LogP contribution is 2.30. The first-order chi connectivity index (χ1) is 7.75. The van der Waals surface area contributed by atoms with Crippen molar-refractivity contribution in [1.29, 1.82) is 0 Å². The number of hydrogen-bond acceptors (Lipinski definition) is 2. The molecule has 1 atom stereocenters. The van der Waals surface area contributed by atoms with Gasteiger partial charge in [-0.2, -0.15) is 0 Å². The van der Waals surface area contributed by atoms with Gasteiger partial charge >= 0.3 is 0 Å². The third-order valence-corrected chi connectivity index (χ3v) is 3.72. The third kappa shape index (κ3) is 3.05. The van der Waals surface area contributed by atoms with Crippen LogP contribution in [0.3, 0.4) is 0 Å². The molecule has 0 aromatic carbocycles. The number of rotatable bonds is 4. The zero-order valence-corrected chi connectivity index (χ0v) is 10.2. The average Bonchev–Trinajstić information content (AvgIpc) is 2.80. The Labute approximate surface area is 98.3 Å². The van der Waals surface area contributed by atoms with Gasteiger partial charge in [-0.25, -0.2) is 0 Å². The lowest BCUT2D eigenvalue weighted by atomic mass is 9.96. The van der Waals surface area contributed by atoms with E-state index < -0.39 is 0 Å². The van der Waals surface area contributed by atoms with Crippen LogP contribution in [0.2, 0.25) is 0 Å². The first-order valence-electron chi connectivity index (χ1n) is 6.44. The first kappa shape index (κ1) is 11.6. The Balaban J connectivity index is 1.82. The van der Waals surface area contributed by atoms with E-state index in [9.17, 15) is 0 Å². The Bertz CT molecular complexity index is 312. The molecule has 88 valence electrons. The highest BCUT2D eigenvalue weighted by Gasteiger charge is 2.16. The van der Waals surface area contributed by atoms with Crippen LogP contribution < -0.4 is 5.73 Å². The fraction of sp³-hybridized carbons (Fsp3) is 0.643. The number of hydrogen-bond donors (Lipinski definition) is 1. The van der Waals surface area contributed by atoms with Crippen molar-refractivity contribution in [3.8, 4) is 0 Å². The molecule has 0 spiro atoms. The van der Waals surface area contributed by atoms with E-state index >= 15 is 0 Å². The SMILES string of the molecule is Cc1ccc(C(N)CCC2CCCC2)cn1. The van der Waals surface area contributed by atoms with Crippen LogP contribution in [0, 0.1) is 12.8 Å². The van der Waals surface area contributed by atoms with Crippen molar-refractivity contribution < 1.29 is 0 Å². The molecule has 1 saturated carbocycles. The zero-order chi connectivity index (χ0) is 11.4. The van der Waals surface area contributed by atoms with Gasteiger partial charge in [-0.15, -0.1) is 0 Å². The minimum atomic E-state index is 0.175. The quantitative estimate of drug-likeness (QED) is 0.841. The summed E-state index contributed by atoms with van der Waals surface area (Å²) in [5, 5.41) is 0. The van der Waals surface area contributed by atoms with Crippen molar-refractivity contribution in [2.45, 2.75) is 51.5 Å². The van der Waals surface area contributed by atoms with E-state index in [-0.39, 0.29) is 6.04 Å². The molecule has 1 unspecified atom stereocenters. The fourth-order valence-electron chi connectivity index (χ4n) is 2.58. The second kappa shape index (κ2) is 5.44. The molecule has 2 N–H and O–H groups in total. The summed E-state index contributed by atoms with van der Waals surface area (Å²) in [7, 11) is 0. The van der Waals surface area contributed by atoms with Crippen LogP contribution in [0.1, 0.15) is 55.8 Å². The molecule has 0 radical (unpaired) electrons. The molecule has 2 heteroatoms. The van der Waals surface area contributed by atoms with E-state index in [1.807, 2.05) is 19.2 Å². The number of nitrogens with two attached hydrogens (primary N) is 1. The largest absolute Gasteiger partial charge is 0.324 e. The van der Waals surface area contributed by atoms with Gasteiger partial charge in [0.05, 0.1) is 0 Å². The number of aryl methyl sites for hydroxylation is 1. The summed E-state index contributed by atoms with van der Waals surface area (Å²) in [5.41, 5.74) is 8.43. The molecule has 1 fully saturated rings. The van der Waals surface area contributed by atoms with Crippen LogP contribution in [0.25, 0.3) is 0 Å². The Morgan fingerprint density at radius 2 is 2.12 bits per heavy atom. The monoisotopic (exact) mass is 218 g/mol. The molecule has 1 aromatic heterocycles. The van der Waals surface area contributed by atoms with Crippen LogP contribution in [-0.4, -0.2) is 4.98 Å². The van der Waals surface area contributed by atoms with Crippen LogP contribution in [0.15, 0.2) is 18.3 Å². The van der Waals surface area contributed by atoms with Gasteiger partial charge in [0.25, 0.3) is 0 Å². The maximum absolute atomic E-state index is 6.18. The number of aromatic nitrogens is 1. The van der Waals surface area contributed by atoms with Gasteiger partial charge < -0.3 is 5.73 Å². The van der Waals surface area contributed by atoms with Gasteiger partial charge in [0.15, 0.2) is 0 Å². The summed E-state index contributed by atoms with van der Waals surface area (Å²) in [6.45, 7) is 2.01. The first-order valence-corrected chi connectivity index (χ1v) is 6.44. The number of nitrogens with zero attached hydrogens (tertiary/aromatic N) is 1. The van der Waals surface area contributed by atoms with Crippen molar-refractivity contribution in [3.05, 3.63) is 29.6 Å². The van der Waals surface area contributed by atoms with E-state index in [0.29, 0.717) is 0 Å². The van der Waals surface area contributed by atoms with Crippen molar-refractivity contribution in [1.82, 2.24) is 4.98 Å². The van der Waals surface area contributed by atoms with Gasteiger partial charge in [-0.05, 0) is 37.3 Å². The summed E-state index contributed by atoms with van der Waals surface area (Å²) in [4.78, 5) is 4.30. The summed E-state index contributed by atoms with van der Waals surface area (Å²) < 4.78 is 0. The summed E-state index contributed by atoms with van der Waals surface area (Å²) in [6.07, 6.45) is 9.99. The lowest BCUT2D eigenvalue weighted by Crippen LogP contribution is -2.12. The Kier molecular flexibility index (Phi) is 3.94. The normalized spacial score (nSPS) is 18.9. The highest BCUT2D eigenvalue weighted by molar-refractivity contribution is 5.16. The molecule has 1 aliphatic rings. The van der Waals surface area contributed by atoms with Crippen molar-refractivity contribution in [3.63, 3.8) is 0 Å². The molecule has 2 rings (SSSR count). The third-order valence-electron chi connectivity index (χ3n) is 3.72. The topological polar surface area (TPSA) is 38.9 Å². The Morgan fingerprint density at radius 3 is 2.75 bits per heavy atom. The van der Waals surface area contributed by atoms with Crippen molar-refractivity contribution in [2.75, 3.05) is 0 Å². The maximum Gasteiger partial charge on any atom is 0.0372 e. The summed E-state index contributed by atoms with van der Waals surface area (Å²) in [5.74, 6) is 0.935. The maximum atomic E-state index is 6.18. The van der Waals surface area contributed by atoms with E-state index in [1.54, 1.807) is 0 Å². The smallest absolute Gasteiger partial charge is 0.0372 e.